The van der Waals surface area contributed by atoms with Crippen molar-refractivity contribution in [2.45, 2.75) is 120 Å². The highest BCUT2D eigenvalue weighted by molar-refractivity contribution is 5.84. The molecule has 0 radical (unpaired) electrons. The zero-order valence-electron chi connectivity index (χ0n) is 25.9. The van der Waals surface area contributed by atoms with Gasteiger partial charge in [-0.15, -0.1) is 5.10 Å². The number of nitrogens with one attached hydrogen (secondary N) is 2. The van der Waals surface area contributed by atoms with Crippen molar-refractivity contribution in [2.24, 2.45) is 0 Å². The molecule has 1 aromatic rings. The zero-order chi connectivity index (χ0) is 30.2. The summed E-state index contributed by atoms with van der Waals surface area (Å²) in [5.41, 5.74) is 0.883. The van der Waals surface area contributed by atoms with Gasteiger partial charge in [0.2, 0.25) is 17.7 Å². The number of aliphatic hydroxyl groups is 1. The van der Waals surface area contributed by atoms with Crippen molar-refractivity contribution in [1.82, 2.24) is 45.2 Å². The second-order valence-electron chi connectivity index (χ2n) is 13.8. The number of aliphatic hydroxyl groups excluding tert-OH is 1. The van der Waals surface area contributed by atoms with E-state index in [9.17, 15) is 19.5 Å². The first kappa shape index (κ1) is 30.4. The summed E-state index contributed by atoms with van der Waals surface area (Å²) < 4.78 is 1.89. The van der Waals surface area contributed by atoms with E-state index in [4.69, 9.17) is 0 Å². The molecule has 0 aromatic carbocycles. The van der Waals surface area contributed by atoms with Gasteiger partial charge in [-0.2, -0.15) is 0 Å². The molecule has 1 saturated carbocycles. The summed E-state index contributed by atoms with van der Waals surface area (Å²) in [6, 6.07) is -0.779. The van der Waals surface area contributed by atoms with Gasteiger partial charge in [0.1, 0.15) is 0 Å². The number of piperidine rings is 1. The van der Waals surface area contributed by atoms with Crippen LogP contribution in [0.4, 0.5) is 0 Å². The Bertz CT molecular complexity index is 1160. The van der Waals surface area contributed by atoms with E-state index in [0.29, 0.717) is 51.6 Å². The Kier molecular flexibility index (Phi) is 9.04. The monoisotopic (exact) mass is 599 g/mol. The summed E-state index contributed by atoms with van der Waals surface area (Å²) in [7, 11) is 3.99. The average molecular weight is 600 g/mol. The van der Waals surface area contributed by atoms with E-state index >= 15 is 0 Å². The molecule has 4 bridgehead atoms. The van der Waals surface area contributed by atoms with Crippen LogP contribution in [0.2, 0.25) is 0 Å². The smallest absolute Gasteiger partial charge is 0.240 e. The standard InChI is InChI=1S/C30H49N9O4/c1-19-27(40)14-28(41)32-20-12-26(37(16-20)22-6-4-5-7-22)30(43)36-10-8-23(9-11-36)38-18-24(13-25(38)29(42)31-19)39-17-21(33-34-39)15-35(2)3/h17,19-20,22-27,40H,4-16,18H2,1-3H3,(H,31,42)(H,32,41)/t19-,20-,24-,25-,26-,27-/m0/s1. The SMILES string of the molecule is C[C@@H]1NC(=O)[C@@H]2C[C@H](n3cc(CN(C)C)nn3)CN2C2CCN(CC2)C(=O)[C@@H]2C[C@@H](CN2C2CCCC2)NC(=O)C[C@@H]1O. The van der Waals surface area contributed by atoms with Crippen LogP contribution in [0.15, 0.2) is 6.20 Å². The Balaban J connectivity index is 1.23. The van der Waals surface area contributed by atoms with E-state index in [2.05, 4.69) is 30.7 Å². The molecule has 1 aromatic heterocycles. The van der Waals surface area contributed by atoms with Crippen LogP contribution in [0.1, 0.15) is 76.4 Å². The summed E-state index contributed by atoms with van der Waals surface area (Å²) in [6.07, 6.45) is 8.23. The summed E-state index contributed by atoms with van der Waals surface area (Å²) in [5.74, 6) is -0.215. The van der Waals surface area contributed by atoms with Crippen molar-refractivity contribution in [2.75, 3.05) is 40.3 Å². The number of fused-ring (bicyclic) bond motifs is 8. The van der Waals surface area contributed by atoms with Gasteiger partial charge in [-0.3, -0.25) is 24.2 Å². The van der Waals surface area contributed by atoms with Crippen LogP contribution in [-0.2, 0) is 20.9 Å². The number of nitrogens with zero attached hydrogens (tertiary/aromatic N) is 7. The molecule has 43 heavy (non-hydrogen) atoms. The van der Waals surface area contributed by atoms with Gasteiger partial charge in [-0.25, -0.2) is 4.68 Å². The van der Waals surface area contributed by atoms with E-state index < -0.39 is 18.2 Å². The van der Waals surface area contributed by atoms with Gasteiger partial charge in [0, 0.05) is 50.8 Å². The molecule has 7 rings (SSSR count). The highest BCUT2D eigenvalue weighted by Crippen LogP contribution is 2.35. The number of carbonyl (C=O) groups is 3. The van der Waals surface area contributed by atoms with E-state index in [1.807, 2.05) is 34.8 Å². The van der Waals surface area contributed by atoms with Gasteiger partial charge in [0.15, 0.2) is 0 Å². The molecule has 3 amide bonds. The van der Waals surface area contributed by atoms with Crippen LogP contribution in [-0.4, -0.2) is 140 Å². The minimum atomic E-state index is -1.01. The van der Waals surface area contributed by atoms with Crippen LogP contribution in [0.25, 0.3) is 0 Å². The summed E-state index contributed by atoms with van der Waals surface area (Å²) in [6.45, 7) is 5.11. The Morgan fingerprint density at radius 2 is 1.63 bits per heavy atom. The number of hydrogen-bond acceptors (Lipinski definition) is 9. The van der Waals surface area contributed by atoms with Crippen molar-refractivity contribution in [3.8, 4) is 0 Å². The van der Waals surface area contributed by atoms with E-state index in [1.54, 1.807) is 6.92 Å². The number of amides is 3. The van der Waals surface area contributed by atoms with Gasteiger partial charge >= 0.3 is 0 Å². The van der Waals surface area contributed by atoms with Crippen molar-refractivity contribution < 1.29 is 19.5 Å². The highest BCUT2D eigenvalue weighted by Gasteiger charge is 2.46. The predicted molar refractivity (Wildman–Crippen MR) is 159 cm³/mol. The maximum absolute atomic E-state index is 14.0. The Labute approximate surface area is 254 Å². The molecule has 238 valence electrons. The van der Waals surface area contributed by atoms with Crippen molar-refractivity contribution in [3.05, 3.63) is 11.9 Å². The second kappa shape index (κ2) is 12.8. The quantitative estimate of drug-likeness (QED) is 0.426. The van der Waals surface area contributed by atoms with E-state index in [1.165, 1.54) is 12.8 Å². The maximum atomic E-state index is 14.0. The second-order valence-corrected chi connectivity index (χ2v) is 13.8. The highest BCUT2D eigenvalue weighted by atomic mass is 16.3. The third-order valence-corrected chi connectivity index (χ3v) is 10.4. The molecular formula is C30H49N9O4. The fourth-order valence-electron chi connectivity index (χ4n) is 8.13. The molecule has 13 heteroatoms. The van der Waals surface area contributed by atoms with Gasteiger partial charge in [0.05, 0.1) is 48.6 Å². The number of hydrogen-bond donors (Lipinski definition) is 3. The lowest BCUT2D eigenvalue weighted by molar-refractivity contribution is -0.139. The number of likely N-dealkylation sites (tertiary alicyclic amines) is 1. The number of rotatable bonds is 4. The minimum absolute atomic E-state index is 0.00850. The number of carbonyl (C=O) groups excluding carboxylic acids is 3. The zero-order valence-corrected chi connectivity index (χ0v) is 25.9. The predicted octanol–water partition coefficient (Wildman–Crippen LogP) is -0.283. The molecular weight excluding hydrogens is 550 g/mol. The van der Waals surface area contributed by atoms with E-state index in [0.717, 1.165) is 31.4 Å². The van der Waals surface area contributed by atoms with Gasteiger partial charge in [-0.05, 0) is 59.5 Å². The minimum Gasteiger partial charge on any atom is -0.390 e. The van der Waals surface area contributed by atoms with Crippen LogP contribution < -0.4 is 10.6 Å². The molecule has 5 aliphatic heterocycles. The molecule has 6 atom stereocenters. The maximum Gasteiger partial charge on any atom is 0.240 e. The van der Waals surface area contributed by atoms with Gasteiger partial charge < -0.3 is 25.5 Å². The number of aromatic nitrogens is 3. The Morgan fingerprint density at radius 3 is 2.35 bits per heavy atom. The summed E-state index contributed by atoms with van der Waals surface area (Å²) in [5, 5.41) is 25.8. The molecule has 1 aliphatic carbocycles. The third-order valence-electron chi connectivity index (χ3n) is 10.4. The first-order valence-corrected chi connectivity index (χ1v) is 16.3. The van der Waals surface area contributed by atoms with Crippen LogP contribution in [0.5, 0.6) is 0 Å². The van der Waals surface area contributed by atoms with Crippen molar-refractivity contribution in [1.29, 1.82) is 0 Å². The molecule has 5 saturated heterocycles. The molecule has 0 unspecified atom stereocenters. The molecule has 0 spiro atoms. The Morgan fingerprint density at radius 1 is 0.930 bits per heavy atom. The van der Waals surface area contributed by atoms with E-state index in [-0.39, 0.29) is 48.3 Å². The molecule has 6 heterocycles. The molecule has 6 fully saturated rings. The van der Waals surface area contributed by atoms with Crippen LogP contribution >= 0.6 is 0 Å². The molecule has 6 aliphatic rings. The van der Waals surface area contributed by atoms with Crippen molar-refractivity contribution >= 4 is 17.7 Å². The van der Waals surface area contributed by atoms with Crippen LogP contribution in [0.3, 0.4) is 0 Å². The first-order chi connectivity index (χ1) is 20.7. The fourth-order valence-corrected chi connectivity index (χ4v) is 8.13. The lowest BCUT2D eigenvalue weighted by Crippen LogP contribution is -2.56. The fraction of sp³-hybridized carbons (Fsp3) is 0.833. The Hall–Kier alpha value is -2.61. The third kappa shape index (κ3) is 6.59. The molecule has 13 nitrogen and oxygen atoms in total. The lowest BCUT2D eigenvalue weighted by atomic mass is 10.00. The molecule has 3 N–H and O–H groups in total. The normalized spacial score (nSPS) is 35.4. The summed E-state index contributed by atoms with van der Waals surface area (Å²) in [4.78, 5) is 49.4. The lowest BCUT2D eigenvalue weighted by Gasteiger charge is -2.41. The van der Waals surface area contributed by atoms with Gasteiger partial charge in [-0.1, -0.05) is 18.1 Å². The largest absolute Gasteiger partial charge is 0.390 e. The van der Waals surface area contributed by atoms with Gasteiger partial charge in [0.25, 0.3) is 0 Å². The topological polar surface area (TPSA) is 139 Å². The average Bonchev–Trinajstić information content (AvgIpc) is 3.78. The van der Waals surface area contributed by atoms with Crippen molar-refractivity contribution in [3.63, 3.8) is 0 Å². The summed E-state index contributed by atoms with van der Waals surface area (Å²) >= 11 is 0. The first-order valence-electron chi connectivity index (χ1n) is 16.3. The van der Waals surface area contributed by atoms with Crippen LogP contribution in [0, 0.1) is 0 Å².